The lowest BCUT2D eigenvalue weighted by molar-refractivity contribution is 0.102. The molecule has 0 atom stereocenters. The van der Waals surface area contributed by atoms with Crippen molar-refractivity contribution >= 4 is 46.3 Å². The highest BCUT2D eigenvalue weighted by Gasteiger charge is 2.12. The molecule has 0 spiro atoms. The Morgan fingerprint density at radius 3 is 2.83 bits per heavy atom. The standard InChI is InChI=1S/C17H13ClN2OS2/c1-22-13-5-6-14(15(18)10-13)16(21)20-12-4-2-3-11(9-12)17-19-7-8-23-17/h2-10H,1H3,(H,20,21). The van der Waals surface area contributed by atoms with Crippen LogP contribution in [0.5, 0.6) is 0 Å². The lowest BCUT2D eigenvalue weighted by Gasteiger charge is -2.08. The molecule has 0 saturated heterocycles. The van der Waals surface area contributed by atoms with Crippen molar-refractivity contribution in [3.05, 3.63) is 64.6 Å². The van der Waals surface area contributed by atoms with E-state index in [2.05, 4.69) is 10.3 Å². The highest BCUT2D eigenvalue weighted by Crippen LogP contribution is 2.26. The summed E-state index contributed by atoms with van der Waals surface area (Å²) >= 11 is 9.34. The molecule has 23 heavy (non-hydrogen) atoms. The van der Waals surface area contributed by atoms with Gasteiger partial charge in [-0.25, -0.2) is 4.98 Å². The third kappa shape index (κ3) is 3.75. The fourth-order valence-corrected chi connectivity index (χ4v) is 3.51. The first-order chi connectivity index (χ1) is 11.2. The van der Waals surface area contributed by atoms with Gasteiger partial charge >= 0.3 is 0 Å². The molecule has 3 aromatic rings. The van der Waals surface area contributed by atoms with Crippen molar-refractivity contribution in [1.82, 2.24) is 4.98 Å². The molecule has 0 radical (unpaired) electrons. The average molecular weight is 361 g/mol. The number of thioether (sulfide) groups is 1. The fraction of sp³-hybridized carbons (Fsp3) is 0.0588. The summed E-state index contributed by atoms with van der Waals surface area (Å²) in [6.45, 7) is 0. The van der Waals surface area contributed by atoms with Gasteiger partial charge in [0, 0.05) is 27.7 Å². The summed E-state index contributed by atoms with van der Waals surface area (Å²) in [5.41, 5.74) is 2.15. The summed E-state index contributed by atoms with van der Waals surface area (Å²) in [5, 5.41) is 6.18. The average Bonchev–Trinajstić information content (AvgIpc) is 3.09. The van der Waals surface area contributed by atoms with Gasteiger partial charge in [0.25, 0.3) is 5.91 Å². The molecule has 0 unspecified atom stereocenters. The van der Waals surface area contributed by atoms with E-state index in [1.165, 1.54) is 0 Å². The lowest BCUT2D eigenvalue weighted by atomic mass is 10.1. The van der Waals surface area contributed by atoms with Crippen LogP contribution in [0, 0.1) is 0 Å². The van der Waals surface area contributed by atoms with Gasteiger partial charge in [-0.1, -0.05) is 23.7 Å². The van der Waals surface area contributed by atoms with E-state index in [4.69, 9.17) is 11.6 Å². The van der Waals surface area contributed by atoms with Crippen molar-refractivity contribution in [3.8, 4) is 10.6 Å². The number of aromatic nitrogens is 1. The van der Waals surface area contributed by atoms with Crippen LogP contribution in [0.25, 0.3) is 10.6 Å². The number of rotatable bonds is 4. The number of carbonyl (C=O) groups is 1. The molecule has 2 aromatic carbocycles. The molecule has 116 valence electrons. The molecule has 0 aliphatic rings. The summed E-state index contributed by atoms with van der Waals surface area (Å²) < 4.78 is 0. The summed E-state index contributed by atoms with van der Waals surface area (Å²) in [4.78, 5) is 17.7. The predicted molar refractivity (Wildman–Crippen MR) is 98.7 cm³/mol. The maximum atomic E-state index is 12.4. The molecule has 6 heteroatoms. The summed E-state index contributed by atoms with van der Waals surface area (Å²) in [7, 11) is 0. The number of halogens is 1. The first kappa shape index (κ1) is 16.1. The Morgan fingerprint density at radius 2 is 2.13 bits per heavy atom. The van der Waals surface area contributed by atoms with Crippen molar-refractivity contribution in [2.75, 3.05) is 11.6 Å². The lowest BCUT2D eigenvalue weighted by Crippen LogP contribution is -2.12. The van der Waals surface area contributed by atoms with E-state index in [1.54, 1.807) is 41.4 Å². The zero-order valence-electron chi connectivity index (χ0n) is 12.2. The Labute approximate surface area is 147 Å². The number of carbonyl (C=O) groups excluding carboxylic acids is 1. The number of thiazole rings is 1. The molecule has 3 rings (SSSR count). The molecule has 0 saturated carbocycles. The fourth-order valence-electron chi connectivity index (χ4n) is 2.10. The number of hydrogen-bond donors (Lipinski definition) is 1. The molecule has 0 aliphatic heterocycles. The van der Waals surface area contributed by atoms with Gasteiger partial charge in [0.15, 0.2) is 0 Å². The van der Waals surface area contributed by atoms with Gasteiger partial charge in [0.1, 0.15) is 5.01 Å². The monoisotopic (exact) mass is 360 g/mol. The van der Waals surface area contributed by atoms with E-state index < -0.39 is 0 Å². The van der Waals surface area contributed by atoms with E-state index in [1.807, 2.05) is 42.0 Å². The second-order valence-electron chi connectivity index (χ2n) is 4.72. The van der Waals surface area contributed by atoms with Crippen molar-refractivity contribution in [2.24, 2.45) is 0 Å². The largest absolute Gasteiger partial charge is 0.322 e. The molecule has 0 fully saturated rings. The Morgan fingerprint density at radius 1 is 1.26 bits per heavy atom. The van der Waals surface area contributed by atoms with Gasteiger partial charge in [-0.3, -0.25) is 4.79 Å². The van der Waals surface area contributed by atoms with Gasteiger partial charge in [-0.2, -0.15) is 0 Å². The second kappa shape index (κ2) is 7.17. The number of benzene rings is 2. The number of hydrogen-bond acceptors (Lipinski definition) is 4. The summed E-state index contributed by atoms with van der Waals surface area (Å²) in [5.74, 6) is -0.223. The molecular weight excluding hydrogens is 348 g/mol. The normalized spacial score (nSPS) is 10.5. The van der Waals surface area contributed by atoms with Crippen LogP contribution in [0.1, 0.15) is 10.4 Å². The van der Waals surface area contributed by atoms with E-state index in [0.717, 1.165) is 15.5 Å². The van der Waals surface area contributed by atoms with Crippen molar-refractivity contribution in [2.45, 2.75) is 4.90 Å². The Balaban J connectivity index is 1.82. The van der Waals surface area contributed by atoms with Crippen molar-refractivity contribution in [1.29, 1.82) is 0 Å². The van der Waals surface area contributed by atoms with Gasteiger partial charge in [-0.05, 0) is 36.6 Å². The predicted octanol–water partition coefficient (Wildman–Crippen LogP) is 5.44. The van der Waals surface area contributed by atoms with Crippen molar-refractivity contribution < 1.29 is 4.79 Å². The minimum absolute atomic E-state index is 0.223. The van der Waals surface area contributed by atoms with E-state index in [0.29, 0.717) is 16.3 Å². The zero-order valence-corrected chi connectivity index (χ0v) is 14.6. The maximum Gasteiger partial charge on any atom is 0.257 e. The van der Waals surface area contributed by atoms with Crippen LogP contribution in [-0.4, -0.2) is 17.1 Å². The number of amides is 1. The van der Waals surface area contributed by atoms with Crippen LogP contribution in [-0.2, 0) is 0 Å². The minimum atomic E-state index is -0.223. The van der Waals surface area contributed by atoms with Crippen molar-refractivity contribution in [3.63, 3.8) is 0 Å². The van der Waals surface area contributed by atoms with Crippen LogP contribution in [0.15, 0.2) is 58.9 Å². The topological polar surface area (TPSA) is 42.0 Å². The first-order valence-electron chi connectivity index (χ1n) is 6.82. The molecular formula is C17H13ClN2OS2. The molecule has 1 N–H and O–H groups in total. The number of anilines is 1. The molecule has 1 amide bonds. The smallest absolute Gasteiger partial charge is 0.257 e. The molecule has 0 aliphatic carbocycles. The Bertz CT molecular complexity index is 834. The van der Waals surface area contributed by atoms with Crippen LogP contribution >= 0.6 is 34.7 Å². The Hall–Kier alpha value is -1.82. The third-order valence-corrected chi connectivity index (χ3v) is 5.08. The molecule has 3 nitrogen and oxygen atoms in total. The number of nitrogens with zero attached hydrogens (tertiary/aromatic N) is 1. The van der Waals surface area contributed by atoms with Crippen LogP contribution in [0.3, 0.4) is 0 Å². The van der Waals surface area contributed by atoms with Gasteiger partial charge < -0.3 is 5.32 Å². The van der Waals surface area contributed by atoms with E-state index in [-0.39, 0.29) is 5.91 Å². The Kier molecular flexibility index (Phi) is 5.00. The van der Waals surface area contributed by atoms with Gasteiger partial charge in [0.2, 0.25) is 0 Å². The van der Waals surface area contributed by atoms with E-state index in [9.17, 15) is 4.79 Å². The maximum absolute atomic E-state index is 12.4. The molecule has 1 aromatic heterocycles. The second-order valence-corrected chi connectivity index (χ2v) is 6.90. The summed E-state index contributed by atoms with van der Waals surface area (Å²) in [6, 6.07) is 13.0. The first-order valence-corrected chi connectivity index (χ1v) is 9.30. The molecule has 0 bridgehead atoms. The summed E-state index contributed by atoms with van der Waals surface area (Å²) in [6.07, 6.45) is 3.73. The highest BCUT2D eigenvalue weighted by molar-refractivity contribution is 7.98. The quantitative estimate of drug-likeness (QED) is 0.630. The number of nitrogens with one attached hydrogen (secondary N) is 1. The van der Waals surface area contributed by atoms with Crippen LogP contribution < -0.4 is 5.32 Å². The third-order valence-electron chi connectivity index (χ3n) is 3.22. The highest BCUT2D eigenvalue weighted by atomic mass is 35.5. The van der Waals surface area contributed by atoms with Crippen LogP contribution in [0.2, 0.25) is 5.02 Å². The zero-order chi connectivity index (χ0) is 16.2. The van der Waals surface area contributed by atoms with Gasteiger partial charge in [0.05, 0.1) is 10.6 Å². The van der Waals surface area contributed by atoms with Crippen LogP contribution in [0.4, 0.5) is 5.69 Å². The minimum Gasteiger partial charge on any atom is -0.322 e. The van der Waals surface area contributed by atoms with Gasteiger partial charge in [-0.15, -0.1) is 23.1 Å². The SMILES string of the molecule is CSc1ccc(C(=O)Nc2cccc(-c3nccs3)c2)c(Cl)c1. The molecule has 1 heterocycles. The van der Waals surface area contributed by atoms with E-state index >= 15 is 0 Å².